The molecule has 272 valence electrons. The molecule has 0 saturated carbocycles. The minimum absolute atomic E-state index is 0.0619. The molecule has 2 aliphatic carbocycles. The minimum atomic E-state index is -0.802. The molecule has 1 unspecified atom stereocenters. The average molecular weight is 759 g/mol. The lowest BCUT2D eigenvalue weighted by Crippen LogP contribution is -2.56. The molecule has 1 atom stereocenters. The van der Waals surface area contributed by atoms with Crippen LogP contribution >= 0.6 is 11.3 Å². The third-order valence-corrected chi connectivity index (χ3v) is 13.9. The zero-order chi connectivity index (χ0) is 38.0. The first-order valence-electron chi connectivity index (χ1n) is 20.0. The summed E-state index contributed by atoms with van der Waals surface area (Å²) in [6.45, 7) is 0. The van der Waals surface area contributed by atoms with Gasteiger partial charge in [-0.15, -0.1) is 11.3 Å². The minimum Gasteiger partial charge on any atom is -0.332 e. The van der Waals surface area contributed by atoms with Gasteiger partial charge in [0.2, 0.25) is 5.95 Å². The molecule has 8 aromatic carbocycles. The van der Waals surface area contributed by atoms with E-state index in [9.17, 15) is 0 Å². The Kier molecular flexibility index (Phi) is 6.61. The summed E-state index contributed by atoms with van der Waals surface area (Å²) in [5, 5.41) is 8.66. The van der Waals surface area contributed by atoms with Gasteiger partial charge in [0.05, 0.1) is 28.6 Å². The highest BCUT2D eigenvalue weighted by Gasteiger charge is 2.59. The van der Waals surface area contributed by atoms with Gasteiger partial charge in [-0.2, -0.15) is 0 Å². The molecule has 10 aromatic rings. The van der Waals surface area contributed by atoms with Gasteiger partial charge in [-0.25, -0.2) is 9.97 Å². The van der Waals surface area contributed by atoms with E-state index in [2.05, 4.69) is 198 Å². The summed E-state index contributed by atoms with van der Waals surface area (Å²) >= 11 is 1.84. The van der Waals surface area contributed by atoms with E-state index in [1.54, 1.807) is 0 Å². The second kappa shape index (κ2) is 12.0. The molecule has 0 radical (unpaired) electrons. The van der Waals surface area contributed by atoms with Gasteiger partial charge in [0.1, 0.15) is 0 Å². The van der Waals surface area contributed by atoms with E-state index in [0.717, 1.165) is 40.0 Å². The van der Waals surface area contributed by atoms with Gasteiger partial charge in [-0.3, -0.25) is 4.90 Å². The normalized spacial score (nSPS) is 16.3. The lowest BCUT2D eigenvalue weighted by molar-refractivity contribution is 0.480. The Morgan fingerprint density at radius 2 is 1.29 bits per heavy atom. The highest BCUT2D eigenvalue weighted by Crippen LogP contribution is 2.63. The van der Waals surface area contributed by atoms with Crippen molar-refractivity contribution in [2.45, 2.75) is 18.1 Å². The summed E-state index contributed by atoms with van der Waals surface area (Å²) in [6.07, 6.45) is 9.95. The van der Waals surface area contributed by atoms with Crippen LogP contribution in [0.15, 0.2) is 188 Å². The van der Waals surface area contributed by atoms with Gasteiger partial charge in [0, 0.05) is 42.2 Å². The number of allylic oxidation sites excluding steroid dienone is 2. The zero-order valence-electron chi connectivity index (χ0n) is 31.4. The van der Waals surface area contributed by atoms with Gasteiger partial charge >= 0.3 is 0 Å². The summed E-state index contributed by atoms with van der Waals surface area (Å²) < 4.78 is 2.52. The van der Waals surface area contributed by atoms with Crippen LogP contribution in [0, 0.1) is 0 Å². The number of nitrogens with zero attached hydrogens (tertiary/aromatic N) is 4. The Bertz CT molecular complexity index is 3350. The Balaban J connectivity index is 1.17. The van der Waals surface area contributed by atoms with Crippen molar-refractivity contribution in [3.63, 3.8) is 0 Å². The molecule has 58 heavy (non-hydrogen) atoms. The molecule has 0 N–H and O–H groups in total. The molecule has 1 spiro atoms. The summed E-state index contributed by atoms with van der Waals surface area (Å²) in [6, 6.07) is 60.0. The molecule has 0 amide bonds. The number of rotatable bonds is 4. The van der Waals surface area contributed by atoms with Crippen LogP contribution in [0.1, 0.15) is 17.5 Å². The maximum absolute atomic E-state index is 5.80. The number of aromatic nitrogens is 2. The Morgan fingerprint density at radius 1 is 0.569 bits per heavy atom. The Hall–Kier alpha value is -7.08. The van der Waals surface area contributed by atoms with Crippen molar-refractivity contribution in [2.24, 2.45) is 0 Å². The fraction of sp³-hybridized carbons (Fsp3) is 0.0566. The molecule has 4 nitrogen and oxygen atoms in total. The van der Waals surface area contributed by atoms with Crippen LogP contribution in [0.4, 0.5) is 17.3 Å². The standard InChI is InChI=1S/C53H34N4S/c1-3-14-33(15-4-1)36-30-31-45-46(32-36)56(37-18-5-2-6-19-37)53(42-24-11-16-34-28-29-35-17-12-25-43(53)49(35)48(34)42)57(45)52-54-44-26-9-7-21-40(44)50(55-52)41-23-13-22-39-38-20-8-10-27-47(38)58-51(39)41/h1-18,20-32,37H,19H2. The van der Waals surface area contributed by atoms with Crippen molar-refractivity contribution in [3.05, 3.63) is 199 Å². The lowest BCUT2D eigenvalue weighted by Gasteiger charge is -2.47. The monoisotopic (exact) mass is 758 g/mol. The van der Waals surface area contributed by atoms with Gasteiger partial charge in [0.25, 0.3) is 0 Å². The lowest BCUT2D eigenvalue weighted by atomic mass is 9.90. The van der Waals surface area contributed by atoms with Gasteiger partial charge in [-0.1, -0.05) is 164 Å². The Labute approximate surface area is 339 Å². The molecular formula is C53H34N4S. The predicted octanol–water partition coefficient (Wildman–Crippen LogP) is 13.7. The third-order valence-electron chi connectivity index (χ3n) is 12.6. The number of para-hydroxylation sites is 1. The SMILES string of the molecule is C1=CCC(N2c3cc(-c4ccccc4)ccc3N(c3nc(-c4cccc5c4sc4ccccc45)c4ccccc4n3)C23c2cccc4ccc5cccc3c5c24)C=C1. The van der Waals surface area contributed by atoms with Crippen LogP contribution < -0.4 is 9.80 Å². The first kappa shape index (κ1) is 32.1. The first-order valence-corrected chi connectivity index (χ1v) is 20.8. The molecule has 2 aromatic heterocycles. The quantitative estimate of drug-likeness (QED) is 0.167. The molecule has 3 aliphatic rings. The van der Waals surface area contributed by atoms with E-state index in [4.69, 9.17) is 9.97 Å². The van der Waals surface area contributed by atoms with Crippen molar-refractivity contribution in [3.8, 4) is 22.4 Å². The first-order chi connectivity index (χ1) is 28.8. The van der Waals surface area contributed by atoms with Crippen LogP contribution in [-0.4, -0.2) is 16.0 Å². The van der Waals surface area contributed by atoms with Crippen molar-refractivity contribution in [2.75, 3.05) is 9.80 Å². The summed E-state index contributed by atoms with van der Waals surface area (Å²) in [4.78, 5) is 16.6. The van der Waals surface area contributed by atoms with Crippen molar-refractivity contribution >= 4 is 81.3 Å². The molecule has 0 fully saturated rings. The van der Waals surface area contributed by atoms with Crippen LogP contribution in [0.2, 0.25) is 0 Å². The fourth-order valence-electron chi connectivity index (χ4n) is 10.3. The van der Waals surface area contributed by atoms with Gasteiger partial charge in [-0.05, 0) is 63.4 Å². The average Bonchev–Trinajstić information content (AvgIpc) is 3.92. The fourth-order valence-corrected chi connectivity index (χ4v) is 11.5. The van der Waals surface area contributed by atoms with E-state index in [1.165, 1.54) is 64.0 Å². The summed E-state index contributed by atoms with van der Waals surface area (Å²) in [7, 11) is 0. The highest BCUT2D eigenvalue weighted by molar-refractivity contribution is 7.26. The maximum atomic E-state index is 5.80. The number of fused-ring (bicyclic) bond motifs is 7. The maximum Gasteiger partial charge on any atom is 0.233 e. The number of benzene rings is 8. The third kappa shape index (κ3) is 4.23. The van der Waals surface area contributed by atoms with E-state index in [0.29, 0.717) is 5.95 Å². The molecule has 0 saturated heterocycles. The predicted molar refractivity (Wildman–Crippen MR) is 243 cm³/mol. The molecule has 1 aliphatic heterocycles. The molecule has 5 heteroatoms. The highest BCUT2D eigenvalue weighted by atomic mass is 32.1. The van der Waals surface area contributed by atoms with E-state index >= 15 is 0 Å². The zero-order valence-corrected chi connectivity index (χ0v) is 32.2. The summed E-state index contributed by atoms with van der Waals surface area (Å²) in [5.74, 6) is 0.681. The van der Waals surface area contributed by atoms with Crippen LogP contribution in [0.3, 0.4) is 0 Å². The van der Waals surface area contributed by atoms with E-state index < -0.39 is 5.66 Å². The molecule has 0 bridgehead atoms. The second-order valence-corrected chi connectivity index (χ2v) is 16.7. The van der Waals surface area contributed by atoms with Crippen molar-refractivity contribution < 1.29 is 0 Å². The number of anilines is 3. The van der Waals surface area contributed by atoms with E-state index in [-0.39, 0.29) is 6.04 Å². The van der Waals surface area contributed by atoms with Crippen molar-refractivity contribution in [1.82, 2.24) is 9.97 Å². The molecule has 13 rings (SSSR count). The topological polar surface area (TPSA) is 32.3 Å². The van der Waals surface area contributed by atoms with Crippen LogP contribution in [0.25, 0.3) is 75.0 Å². The van der Waals surface area contributed by atoms with Crippen LogP contribution in [0.5, 0.6) is 0 Å². The largest absolute Gasteiger partial charge is 0.332 e. The second-order valence-electron chi connectivity index (χ2n) is 15.6. The van der Waals surface area contributed by atoms with Gasteiger partial charge < -0.3 is 4.90 Å². The van der Waals surface area contributed by atoms with E-state index in [1.807, 2.05) is 11.3 Å². The summed E-state index contributed by atoms with van der Waals surface area (Å²) in [5.41, 5.74) is 9.32. The number of hydrogen-bond acceptors (Lipinski definition) is 5. The van der Waals surface area contributed by atoms with Crippen LogP contribution in [-0.2, 0) is 5.66 Å². The number of thiophene rings is 1. The smallest absolute Gasteiger partial charge is 0.233 e. The molecular weight excluding hydrogens is 725 g/mol. The molecule has 3 heterocycles. The van der Waals surface area contributed by atoms with Crippen molar-refractivity contribution in [1.29, 1.82) is 0 Å². The van der Waals surface area contributed by atoms with Gasteiger partial charge in [0.15, 0.2) is 5.66 Å². The number of hydrogen-bond donors (Lipinski definition) is 0. The Morgan fingerprint density at radius 3 is 2.09 bits per heavy atom.